The first-order valence-corrected chi connectivity index (χ1v) is 6.66. The van der Waals surface area contributed by atoms with Crippen LogP contribution < -0.4 is 16.0 Å². The number of hydrogen-bond donors (Lipinski definition) is 3. The average Bonchev–Trinajstić information content (AvgIpc) is 2.50. The van der Waals surface area contributed by atoms with Crippen LogP contribution in [0.1, 0.15) is 16.8 Å². The minimum Gasteiger partial charge on any atom is -0.356 e. The van der Waals surface area contributed by atoms with E-state index in [0.717, 1.165) is 18.9 Å². The average molecular weight is 274 g/mol. The van der Waals surface area contributed by atoms with Crippen molar-refractivity contribution in [1.29, 1.82) is 0 Å². The first kappa shape index (κ1) is 15.8. The molecule has 0 heterocycles. The molecule has 5 heteroatoms. The van der Waals surface area contributed by atoms with Gasteiger partial charge in [0.05, 0.1) is 0 Å². The molecule has 0 fully saturated rings. The molecule has 1 amide bonds. The molecule has 0 unspecified atom stereocenters. The largest absolute Gasteiger partial charge is 0.356 e. The Hall–Kier alpha value is -2.30. The van der Waals surface area contributed by atoms with Gasteiger partial charge in [-0.15, -0.1) is 6.58 Å². The van der Waals surface area contributed by atoms with Gasteiger partial charge in [0.15, 0.2) is 5.96 Å². The molecule has 0 aliphatic rings. The van der Waals surface area contributed by atoms with Crippen molar-refractivity contribution in [2.24, 2.45) is 4.99 Å². The fourth-order valence-electron chi connectivity index (χ4n) is 1.58. The quantitative estimate of drug-likeness (QED) is 0.302. The van der Waals surface area contributed by atoms with Gasteiger partial charge in [0.1, 0.15) is 0 Å². The fraction of sp³-hybridized carbons (Fsp3) is 0.333. The lowest BCUT2D eigenvalue weighted by molar-refractivity contribution is 0.0953. The maximum Gasteiger partial charge on any atom is 0.251 e. The molecule has 0 spiro atoms. The summed E-state index contributed by atoms with van der Waals surface area (Å²) in [5.41, 5.74) is 0.684. The van der Waals surface area contributed by atoms with E-state index >= 15 is 0 Å². The molecule has 5 nitrogen and oxygen atoms in total. The number of rotatable bonds is 7. The number of guanidine groups is 1. The second-order valence-electron chi connectivity index (χ2n) is 4.14. The molecule has 0 saturated carbocycles. The topological polar surface area (TPSA) is 65.5 Å². The number of hydrogen-bond acceptors (Lipinski definition) is 2. The van der Waals surface area contributed by atoms with Gasteiger partial charge in [-0.1, -0.05) is 24.3 Å². The Morgan fingerprint density at radius 3 is 2.55 bits per heavy atom. The van der Waals surface area contributed by atoms with Gasteiger partial charge in [-0.25, -0.2) is 0 Å². The van der Waals surface area contributed by atoms with E-state index in [1.165, 1.54) is 0 Å². The van der Waals surface area contributed by atoms with Crippen LogP contribution in [0, 0.1) is 0 Å². The molecule has 3 N–H and O–H groups in total. The van der Waals surface area contributed by atoms with Gasteiger partial charge in [0.25, 0.3) is 5.91 Å². The molecule has 0 radical (unpaired) electrons. The van der Waals surface area contributed by atoms with Gasteiger partial charge in [-0.3, -0.25) is 9.79 Å². The lowest BCUT2D eigenvalue weighted by Crippen LogP contribution is -2.38. The van der Waals surface area contributed by atoms with Crippen molar-refractivity contribution in [2.45, 2.75) is 6.42 Å². The zero-order chi connectivity index (χ0) is 14.6. The number of aliphatic imine (C=N–C) groups is 1. The SMILES string of the molecule is C=CCNC(=NC)NCCCNC(=O)c1ccccc1. The van der Waals surface area contributed by atoms with Gasteiger partial charge in [-0.2, -0.15) is 0 Å². The van der Waals surface area contributed by atoms with Crippen LogP contribution in [-0.2, 0) is 0 Å². The molecular formula is C15H22N4O. The normalized spacial score (nSPS) is 10.8. The minimum atomic E-state index is -0.0419. The molecule has 0 aliphatic heterocycles. The van der Waals surface area contributed by atoms with Crippen molar-refractivity contribution in [3.05, 3.63) is 48.6 Å². The molecule has 20 heavy (non-hydrogen) atoms. The summed E-state index contributed by atoms with van der Waals surface area (Å²) in [6.45, 7) is 5.67. The summed E-state index contributed by atoms with van der Waals surface area (Å²) in [5, 5.41) is 9.11. The molecule has 1 aromatic rings. The minimum absolute atomic E-state index is 0.0419. The number of amides is 1. The fourth-order valence-corrected chi connectivity index (χ4v) is 1.58. The van der Waals surface area contributed by atoms with Crippen molar-refractivity contribution in [1.82, 2.24) is 16.0 Å². The number of carbonyl (C=O) groups excluding carboxylic acids is 1. The Kier molecular flexibility index (Phi) is 7.57. The van der Waals surface area contributed by atoms with Crippen LogP contribution >= 0.6 is 0 Å². The molecule has 0 aromatic heterocycles. The third-order valence-electron chi connectivity index (χ3n) is 2.60. The second kappa shape index (κ2) is 9.61. The highest BCUT2D eigenvalue weighted by Crippen LogP contribution is 1.97. The van der Waals surface area contributed by atoms with Gasteiger partial charge in [-0.05, 0) is 18.6 Å². The molecule has 0 atom stereocenters. The number of benzene rings is 1. The summed E-state index contributed by atoms with van der Waals surface area (Å²) in [7, 11) is 1.72. The maximum atomic E-state index is 11.8. The summed E-state index contributed by atoms with van der Waals surface area (Å²) in [4.78, 5) is 15.8. The number of carbonyl (C=O) groups is 1. The highest BCUT2D eigenvalue weighted by Gasteiger charge is 2.02. The van der Waals surface area contributed by atoms with E-state index in [1.54, 1.807) is 25.3 Å². The number of nitrogens with one attached hydrogen (secondary N) is 3. The Bertz CT molecular complexity index is 442. The van der Waals surface area contributed by atoms with Crippen LogP contribution in [0.5, 0.6) is 0 Å². The van der Waals surface area contributed by atoms with Crippen molar-refractivity contribution < 1.29 is 4.79 Å². The van der Waals surface area contributed by atoms with E-state index in [9.17, 15) is 4.79 Å². The van der Waals surface area contributed by atoms with E-state index in [2.05, 4.69) is 27.5 Å². The molecular weight excluding hydrogens is 252 g/mol. The lowest BCUT2D eigenvalue weighted by atomic mass is 10.2. The predicted octanol–water partition coefficient (Wildman–Crippen LogP) is 1.16. The Labute approximate surface area is 120 Å². The van der Waals surface area contributed by atoms with Crippen molar-refractivity contribution in [2.75, 3.05) is 26.7 Å². The summed E-state index contributed by atoms with van der Waals surface area (Å²) < 4.78 is 0. The smallest absolute Gasteiger partial charge is 0.251 e. The van der Waals surface area contributed by atoms with Crippen molar-refractivity contribution in [3.63, 3.8) is 0 Å². The third-order valence-corrected chi connectivity index (χ3v) is 2.60. The van der Waals surface area contributed by atoms with Gasteiger partial charge in [0, 0.05) is 32.2 Å². The summed E-state index contributed by atoms with van der Waals surface area (Å²) in [6.07, 6.45) is 2.60. The van der Waals surface area contributed by atoms with Crippen molar-refractivity contribution in [3.8, 4) is 0 Å². The van der Waals surface area contributed by atoms with Gasteiger partial charge < -0.3 is 16.0 Å². The Balaban J connectivity index is 2.16. The van der Waals surface area contributed by atoms with E-state index in [4.69, 9.17) is 0 Å². The molecule has 0 saturated heterocycles. The molecule has 0 bridgehead atoms. The highest BCUT2D eigenvalue weighted by molar-refractivity contribution is 5.94. The maximum absolute atomic E-state index is 11.8. The lowest BCUT2D eigenvalue weighted by Gasteiger charge is -2.10. The van der Waals surface area contributed by atoms with Crippen LogP contribution in [-0.4, -0.2) is 38.5 Å². The molecule has 108 valence electrons. The van der Waals surface area contributed by atoms with E-state index in [1.807, 2.05) is 18.2 Å². The van der Waals surface area contributed by atoms with E-state index in [0.29, 0.717) is 18.7 Å². The molecule has 1 aromatic carbocycles. The van der Waals surface area contributed by atoms with Gasteiger partial charge in [0.2, 0.25) is 0 Å². The van der Waals surface area contributed by atoms with Crippen LogP contribution in [0.4, 0.5) is 0 Å². The zero-order valence-corrected chi connectivity index (χ0v) is 11.9. The Morgan fingerprint density at radius 2 is 1.90 bits per heavy atom. The monoisotopic (exact) mass is 274 g/mol. The third kappa shape index (κ3) is 6.04. The first-order valence-electron chi connectivity index (χ1n) is 6.66. The van der Waals surface area contributed by atoms with E-state index < -0.39 is 0 Å². The standard InChI is InChI=1S/C15H22N4O/c1-3-10-18-15(16-2)19-12-7-11-17-14(20)13-8-5-4-6-9-13/h3-6,8-9H,1,7,10-12H2,2H3,(H,17,20)(H2,16,18,19). The number of nitrogens with zero attached hydrogens (tertiary/aromatic N) is 1. The van der Waals surface area contributed by atoms with Crippen LogP contribution in [0.15, 0.2) is 48.0 Å². The second-order valence-corrected chi connectivity index (χ2v) is 4.14. The zero-order valence-electron chi connectivity index (χ0n) is 11.9. The first-order chi connectivity index (χ1) is 9.77. The summed E-state index contributed by atoms with van der Waals surface area (Å²) >= 11 is 0. The molecule has 1 rings (SSSR count). The van der Waals surface area contributed by atoms with Crippen LogP contribution in [0.25, 0.3) is 0 Å². The van der Waals surface area contributed by atoms with E-state index in [-0.39, 0.29) is 5.91 Å². The summed E-state index contributed by atoms with van der Waals surface area (Å²) in [6, 6.07) is 9.20. The summed E-state index contributed by atoms with van der Waals surface area (Å²) in [5.74, 6) is 0.694. The predicted molar refractivity (Wildman–Crippen MR) is 83.0 cm³/mol. The van der Waals surface area contributed by atoms with Crippen molar-refractivity contribution >= 4 is 11.9 Å². The van der Waals surface area contributed by atoms with Crippen LogP contribution in [0.2, 0.25) is 0 Å². The highest BCUT2D eigenvalue weighted by atomic mass is 16.1. The van der Waals surface area contributed by atoms with Gasteiger partial charge >= 0.3 is 0 Å². The Morgan fingerprint density at radius 1 is 1.20 bits per heavy atom. The van der Waals surface area contributed by atoms with Crippen LogP contribution in [0.3, 0.4) is 0 Å². The molecule has 0 aliphatic carbocycles.